The van der Waals surface area contributed by atoms with E-state index in [9.17, 15) is 9.59 Å². The van der Waals surface area contributed by atoms with Crippen LogP contribution < -0.4 is 0 Å². The van der Waals surface area contributed by atoms with Gasteiger partial charge in [0.25, 0.3) is 0 Å². The summed E-state index contributed by atoms with van der Waals surface area (Å²) >= 11 is 0. The number of allylic oxidation sites excluding steroid dienone is 1. The molecule has 5 unspecified atom stereocenters. The predicted octanol–water partition coefficient (Wildman–Crippen LogP) is 5.09. The lowest BCUT2D eigenvalue weighted by atomic mass is 9.45. The quantitative estimate of drug-likeness (QED) is 0.558. The van der Waals surface area contributed by atoms with E-state index in [0.717, 1.165) is 19.3 Å². The molecular formula is C24H34O3. The van der Waals surface area contributed by atoms with E-state index in [0.29, 0.717) is 41.8 Å². The maximum atomic E-state index is 12.1. The highest BCUT2D eigenvalue weighted by Gasteiger charge is 2.69. The van der Waals surface area contributed by atoms with E-state index in [4.69, 9.17) is 4.74 Å². The molecule has 0 radical (unpaired) electrons. The van der Waals surface area contributed by atoms with E-state index in [1.807, 2.05) is 6.08 Å². The number of esters is 1. The number of carbonyl (C=O) groups is 2. The van der Waals surface area contributed by atoms with Crippen molar-refractivity contribution in [1.29, 1.82) is 0 Å². The summed E-state index contributed by atoms with van der Waals surface area (Å²) in [6.45, 7) is 9.56. The van der Waals surface area contributed by atoms with Gasteiger partial charge in [0.2, 0.25) is 0 Å². The van der Waals surface area contributed by atoms with Gasteiger partial charge in [-0.3, -0.25) is 9.59 Å². The number of ether oxygens (including phenoxy) is 1. The Labute approximate surface area is 163 Å². The van der Waals surface area contributed by atoms with E-state index >= 15 is 0 Å². The number of hydrogen-bond donors (Lipinski definition) is 0. The number of rotatable bonds is 0. The maximum absolute atomic E-state index is 12.1. The first-order valence-electron chi connectivity index (χ1n) is 11.2. The molecule has 0 amide bonds. The Hall–Kier alpha value is -1.12. The lowest BCUT2D eigenvalue weighted by Crippen LogP contribution is -2.56. The van der Waals surface area contributed by atoms with Gasteiger partial charge in [-0.05, 0) is 79.6 Å². The van der Waals surface area contributed by atoms with Crippen LogP contribution in [0.5, 0.6) is 0 Å². The van der Waals surface area contributed by atoms with Crippen LogP contribution >= 0.6 is 0 Å². The van der Waals surface area contributed by atoms with Crippen LogP contribution in [-0.4, -0.2) is 17.4 Å². The van der Waals surface area contributed by atoms with Crippen molar-refractivity contribution in [2.45, 2.75) is 84.7 Å². The highest BCUT2D eigenvalue weighted by atomic mass is 16.6. The van der Waals surface area contributed by atoms with E-state index in [1.165, 1.54) is 31.3 Å². The van der Waals surface area contributed by atoms with Gasteiger partial charge in [0.15, 0.2) is 5.78 Å². The SMILES string of the molecule is CC1CC2C(CC[C@@]3(C)C2CC(C)[C@@]32CCC(=O)O2)[C@@]2(C)CCC(=O)C=C12. The van der Waals surface area contributed by atoms with Gasteiger partial charge in [0, 0.05) is 18.3 Å². The maximum Gasteiger partial charge on any atom is 0.306 e. The second-order valence-electron chi connectivity index (χ2n) is 11.0. The van der Waals surface area contributed by atoms with E-state index < -0.39 is 0 Å². The summed E-state index contributed by atoms with van der Waals surface area (Å²) in [6.07, 6.45) is 10.1. The van der Waals surface area contributed by atoms with Crippen LogP contribution in [0.4, 0.5) is 0 Å². The molecule has 0 aromatic heterocycles. The van der Waals surface area contributed by atoms with Crippen molar-refractivity contribution in [2.24, 2.45) is 40.4 Å². The van der Waals surface area contributed by atoms with Crippen LogP contribution in [0, 0.1) is 40.4 Å². The Morgan fingerprint density at radius 3 is 2.48 bits per heavy atom. The number of fused-ring (bicyclic) bond motifs is 6. The first kappa shape index (κ1) is 17.9. The minimum absolute atomic E-state index is 0.0193. The number of ketones is 1. The van der Waals surface area contributed by atoms with Crippen LogP contribution in [0.3, 0.4) is 0 Å². The molecule has 3 saturated carbocycles. The predicted molar refractivity (Wildman–Crippen MR) is 104 cm³/mol. The van der Waals surface area contributed by atoms with Crippen LogP contribution in [0.25, 0.3) is 0 Å². The zero-order valence-corrected chi connectivity index (χ0v) is 17.3. The highest BCUT2D eigenvalue weighted by molar-refractivity contribution is 5.91. The monoisotopic (exact) mass is 370 g/mol. The fourth-order valence-corrected chi connectivity index (χ4v) is 8.74. The standard InChI is InChI=1S/C24H34O3/c1-14-11-17-18(22(3)8-5-16(25)13-19(14)22)6-9-23(4)20(17)12-15(2)24(23)10-7-21(26)27-24/h13-15,17-18,20H,5-12H2,1-4H3/t14?,15?,17?,18?,20?,22-,23+,24+/m1/s1. The molecule has 1 aliphatic heterocycles. The molecule has 5 rings (SSSR count). The summed E-state index contributed by atoms with van der Waals surface area (Å²) in [5.41, 5.74) is 1.55. The van der Waals surface area contributed by atoms with Gasteiger partial charge in [-0.25, -0.2) is 0 Å². The topological polar surface area (TPSA) is 43.4 Å². The fourth-order valence-electron chi connectivity index (χ4n) is 8.74. The van der Waals surface area contributed by atoms with Gasteiger partial charge < -0.3 is 4.74 Å². The molecule has 8 atom stereocenters. The normalized spacial score (nSPS) is 54.2. The van der Waals surface area contributed by atoms with E-state index in [2.05, 4.69) is 27.7 Å². The summed E-state index contributed by atoms with van der Waals surface area (Å²) in [4.78, 5) is 24.2. The second-order valence-corrected chi connectivity index (χ2v) is 11.0. The van der Waals surface area contributed by atoms with Crippen LogP contribution in [0.15, 0.2) is 11.6 Å². The molecule has 3 nitrogen and oxygen atoms in total. The van der Waals surface area contributed by atoms with Gasteiger partial charge in [0.1, 0.15) is 5.60 Å². The first-order valence-corrected chi connectivity index (χ1v) is 11.2. The van der Waals surface area contributed by atoms with Crippen LogP contribution in [0.1, 0.15) is 79.1 Å². The van der Waals surface area contributed by atoms with Crippen LogP contribution in [0.2, 0.25) is 0 Å². The third-order valence-corrected chi connectivity index (χ3v) is 10.0. The smallest absolute Gasteiger partial charge is 0.306 e. The average Bonchev–Trinajstić information content (AvgIpc) is 3.11. The summed E-state index contributed by atoms with van der Waals surface area (Å²) in [6, 6.07) is 0. The van der Waals surface area contributed by atoms with Crippen molar-refractivity contribution in [3.63, 3.8) is 0 Å². The molecule has 0 N–H and O–H groups in total. The molecule has 148 valence electrons. The molecule has 0 bridgehead atoms. The second kappa shape index (κ2) is 5.48. The van der Waals surface area contributed by atoms with Crippen molar-refractivity contribution in [3.8, 4) is 0 Å². The third-order valence-electron chi connectivity index (χ3n) is 10.0. The highest BCUT2D eigenvalue weighted by Crippen LogP contribution is 2.71. The van der Waals surface area contributed by atoms with Gasteiger partial charge in [-0.2, -0.15) is 0 Å². The molecule has 0 aromatic carbocycles. The molecule has 5 aliphatic rings. The minimum Gasteiger partial charge on any atom is -0.458 e. The van der Waals surface area contributed by atoms with Gasteiger partial charge in [-0.1, -0.05) is 33.3 Å². The molecule has 27 heavy (non-hydrogen) atoms. The summed E-state index contributed by atoms with van der Waals surface area (Å²) in [7, 11) is 0. The number of hydrogen-bond acceptors (Lipinski definition) is 3. The van der Waals surface area contributed by atoms with Gasteiger partial charge in [0.05, 0.1) is 0 Å². The van der Waals surface area contributed by atoms with Crippen molar-refractivity contribution in [3.05, 3.63) is 11.6 Å². The van der Waals surface area contributed by atoms with E-state index in [-0.39, 0.29) is 22.4 Å². The van der Waals surface area contributed by atoms with E-state index in [1.54, 1.807) is 0 Å². The lowest BCUT2D eigenvalue weighted by Gasteiger charge is -2.60. The Balaban J connectivity index is 1.54. The Kier molecular flexibility index (Phi) is 3.64. The minimum atomic E-state index is -0.220. The Morgan fingerprint density at radius 2 is 1.78 bits per heavy atom. The molecule has 4 aliphatic carbocycles. The zero-order chi connectivity index (χ0) is 19.2. The first-order chi connectivity index (χ1) is 12.7. The molecule has 1 spiro atoms. The molecular weight excluding hydrogens is 336 g/mol. The zero-order valence-electron chi connectivity index (χ0n) is 17.3. The molecule has 3 heteroatoms. The van der Waals surface area contributed by atoms with Crippen molar-refractivity contribution in [1.82, 2.24) is 0 Å². The Morgan fingerprint density at radius 1 is 1.00 bits per heavy atom. The molecule has 4 fully saturated rings. The lowest BCUT2D eigenvalue weighted by molar-refractivity contribution is -0.174. The van der Waals surface area contributed by atoms with Crippen LogP contribution in [-0.2, 0) is 14.3 Å². The largest absolute Gasteiger partial charge is 0.458 e. The summed E-state index contributed by atoms with van der Waals surface area (Å²) < 4.78 is 6.15. The number of carbonyl (C=O) groups excluding carboxylic acids is 2. The van der Waals surface area contributed by atoms with Gasteiger partial charge in [-0.15, -0.1) is 0 Å². The molecule has 1 heterocycles. The fraction of sp³-hybridized carbons (Fsp3) is 0.833. The summed E-state index contributed by atoms with van der Waals surface area (Å²) in [5.74, 6) is 3.36. The average molecular weight is 371 g/mol. The van der Waals surface area contributed by atoms with Gasteiger partial charge >= 0.3 is 5.97 Å². The summed E-state index contributed by atoms with van der Waals surface area (Å²) in [5, 5.41) is 0. The van der Waals surface area contributed by atoms with Crippen molar-refractivity contribution in [2.75, 3.05) is 0 Å². The third kappa shape index (κ3) is 2.09. The van der Waals surface area contributed by atoms with Crippen molar-refractivity contribution < 1.29 is 14.3 Å². The molecule has 0 aromatic rings. The Bertz CT molecular complexity index is 738. The van der Waals surface area contributed by atoms with Crippen molar-refractivity contribution >= 4 is 11.8 Å². The molecule has 1 saturated heterocycles.